The Labute approximate surface area is 183 Å². The van der Waals surface area contributed by atoms with Gasteiger partial charge >= 0.3 is 0 Å². The predicted octanol–water partition coefficient (Wildman–Crippen LogP) is 3.65. The summed E-state index contributed by atoms with van der Waals surface area (Å²) in [5.74, 6) is -0.0170. The molecule has 31 heavy (non-hydrogen) atoms. The zero-order chi connectivity index (χ0) is 22.0. The number of imide groups is 1. The number of rotatable bonds is 7. The first kappa shape index (κ1) is 21.1. The minimum absolute atomic E-state index is 0.0305. The fourth-order valence-corrected chi connectivity index (χ4v) is 4.26. The summed E-state index contributed by atoms with van der Waals surface area (Å²) in [7, 11) is 1.57. The summed E-state index contributed by atoms with van der Waals surface area (Å²) in [5.41, 5.74) is 3.61. The highest BCUT2D eigenvalue weighted by molar-refractivity contribution is 6.37. The number of carbonyl (C=O) groups excluding carboxylic acids is 2. The van der Waals surface area contributed by atoms with Crippen molar-refractivity contribution in [2.45, 2.75) is 32.8 Å². The molecule has 2 heterocycles. The number of benzene rings is 2. The maximum Gasteiger partial charge on any atom is 0.278 e. The first-order chi connectivity index (χ1) is 15.0. The van der Waals surface area contributed by atoms with Crippen LogP contribution >= 0.6 is 0 Å². The molecule has 0 N–H and O–H groups in total. The van der Waals surface area contributed by atoms with Gasteiger partial charge in [-0.2, -0.15) is 0 Å². The Morgan fingerprint density at radius 2 is 1.74 bits per heavy atom. The topological polar surface area (TPSA) is 59.1 Å². The summed E-state index contributed by atoms with van der Waals surface area (Å²) < 4.78 is 11.2. The third kappa shape index (κ3) is 3.95. The maximum atomic E-state index is 13.6. The van der Waals surface area contributed by atoms with Crippen molar-refractivity contribution in [3.63, 3.8) is 0 Å². The fourth-order valence-electron chi connectivity index (χ4n) is 4.26. The van der Waals surface area contributed by atoms with Crippen LogP contribution in [0.25, 0.3) is 5.57 Å². The molecule has 2 aromatic carbocycles. The third-order valence-corrected chi connectivity index (χ3v) is 5.67. The van der Waals surface area contributed by atoms with E-state index in [9.17, 15) is 9.59 Å². The highest BCUT2D eigenvalue weighted by atomic mass is 16.5. The van der Waals surface area contributed by atoms with E-state index in [2.05, 4.69) is 6.07 Å². The minimum atomic E-state index is -0.306. The largest absolute Gasteiger partial charge is 0.496 e. The molecule has 0 radical (unpaired) electrons. The lowest BCUT2D eigenvalue weighted by atomic mass is 9.98. The number of amides is 2. The molecule has 0 saturated heterocycles. The normalized spacial score (nSPS) is 16.4. The molecule has 162 valence electrons. The number of nitrogens with zero attached hydrogens (tertiary/aromatic N) is 2. The van der Waals surface area contributed by atoms with Gasteiger partial charge in [0, 0.05) is 17.8 Å². The summed E-state index contributed by atoms with van der Waals surface area (Å²) in [4.78, 5) is 30.4. The molecule has 2 aromatic rings. The van der Waals surface area contributed by atoms with Crippen LogP contribution in [0.2, 0.25) is 0 Å². The molecular weight excluding hydrogens is 392 g/mol. The van der Waals surface area contributed by atoms with Crippen molar-refractivity contribution >= 4 is 23.1 Å². The lowest BCUT2D eigenvalue weighted by Crippen LogP contribution is -2.39. The predicted molar refractivity (Wildman–Crippen MR) is 120 cm³/mol. The van der Waals surface area contributed by atoms with Crippen molar-refractivity contribution in [3.05, 3.63) is 65.4 Å². The van der Waals surface area contributed by atoms with Crippen LogP contribution in [0.3, 0.4) is 0 Å². The van der Waals surface area contributed by atoms with E-state index in [4.69, 9.17) is 9.47 Å². The smallest absolute Gasteiger partial charge is 0.278 e. The van der Waals surface area contributed by atoms with Crippen molar-refractivity contribution in [2.24, 2.45) is 0 Å². The molecule has 0 spiro atoms. The van der Waals surface area contributed by atoms with Crippen LogP contribution in [0.5, 0.6) is 5.75 Å². The second-order valence-electron chi connectivity index (χ2n) is 7.99. The van der Waals surface area contributed by atoms with Gasteiger partial charge in [-0.05, 0) is 44.4 Å². The van der Waals surface area contributed by atoms with Crippen LogP contribution in [0, 0.1) is 0 Å². The fraction of sp³-hybridized carbons (Fsp3) is 0.360. The third-order valence-electron chi connectivity index (χ3n) is 5.67. The average Bonchev–Trinajstić information content (AvgIpc) is 3.03. The summed E-state index contributed by atoms with van der Waals surface area (Å²) in [5, 5.41) is 0. The molecule has 2 aliphatic rings. The Hall–Kier alpha value is -3.12. The molecule has 6 heteroatoms. The van der Waals surface area contributed by atoms with Crippen LogP contribution in [-0.2, 0) is 20.7 Å². The van der Waals surface area contributed by atoms with E-state index in [-0.39, 0.29) is 24.5 Å². The number of ether oxygens (including phenoxy) is 2. The van der Waals surface area contributed by atoms with Gasteiger partial charge in [-0.1, -0.05) is 36.4 Å². The molecule has 4 rings (SSSR count). The lowest BCUT2D eigenvalue weighted by molar-refractivity contribution is -0.138. The van der Waals surface area contributed by atoms with Crippen LogP contribution in [0.1, 0.15) is 31.4 Å². The van der Waals surface area contributed by atoms with Gasteiger partial charge in [-0.15, -0.1) is 0 Å². The quantitative estimate of drug-likeness (QED) is 0.640. The van der Waals surface area contributed by atoms with Crippen molar-refractivity contribution in [1.29, 1.82) is 0 Å². The molecule has 0 aromatic heterocycles. The average molecular weight is 421 g/mol. The minimum Gasteiger partial charge on any atom is -0.496 e. The van der Waals surface area contributed by atoms with Gasteiger partial charge < -0.3 is 14.4 Å². The number of methoxy groups -OCH3 is 1. The second-order valence-corrected chi connectivity index (χ2v) is 7.99. The van der Waals surface area contributed by atoms with Gasteiger partial charge in [0.15, 0.2) is 0 Å². The summed E-state index contributed by atoms with van der Waals surface area (Å²) in [6.07, 6.45) is 1.90. The van der Waals surface area contributed by atoms with Crippen molar-refractivity contribution < 1.29 is 19.1 Å². The van der Waals surface area contributed by atoms with Gasteiger partial charge in [0.1, 0.15) is 11.4 Å². The van der Waals surface area contributed by atoms with Crippen molar-refractivity contribution in [2.75, 3.05) is 31.7 Å². The molecule has 0 saturated carbocycles. The number of para-hydroxylation sites is 2. The van der Waals surface area contributed by atoms with E-state index >= 15 is 0 Å². The molecule has 2 amide bonds. The highest BCUT2D eigenvalue weighted by Crippen LogP contribution is 2.40. The van der Waals surface area contributed by atoms with Crippen LogP contribution in [0.4, 0.5) is 5.69 Å². The summed E-state index contributed by atoms with van der Waals surface area (Å²) >= 11 is 0. The summed E-state index contributed by atoms with van der Waals surface area (Å²) in [6.45, 7) is 5.07. The van der Waals surface area contributed by atoms with Crippen LogP contribution in [-0.4, -0.2) is 49.6 Å². The Morgan fingerprint density at radius 1 is 1.00 bits per heavy atom. The Bertz CT molecular complexity index is 1030. The Balaban J connectivity index is 1.82. The molecule has 2 aliphatic heterocycles. The molecule has 0 unspecified atom stereocenters. The first-order valence-corrected chi connectivity index (χ1v) is 10.7. The first-order valence-electron chi connectivity index (χ1n) is 10.7. The number of hydrogen-bond acceptors (Lipinski definition) is 5. The number of anilines is 1. The molecule has 6 nitrogen and oxygen atoms in total. The molecule has 0 atom stereocenters. The van der Waals surface area contributed by atoms with Gasteiger partial charge in [-0.25, -0.2) is 0 Å². The van der Waals surface area contributed by atoms with Gasteiger partial charge in [0.2, 0.25) is 0 Å². The van der Waals surface area contributed by atoms with Crippen LogP contribution in [0.15, 0.2) is 54.2 Å². The zero-order valence-corrected chi connectivity index (χ0v) is 18.3. The number of hydrogen-bond donors (Lipinski definition) is 0. The van der Waals surface area contributed by atoms with Crippen molar-refractivity contribution in [1.82, 2.24) is 4.90 Å². The van der Waals surface area contributed by atoms with Gasteiger partial charge in [0.25, 0.3) is 11.8 Å². The lowest BCUT2D eigenvalue weighted by Gasteiger charge is -2.32. The molecule has 0 aliphatic carbocycles. The number of aryl methyl sites for hydroxylation is 1. The van der Waals surface area contributed by atoms with E-state index in [1.165, 1.54) is 10.5 Å². The van der Waals surface area contributed by atoms with Gasteiger partial charge in [-0.3, -0.25) is 14.5 Å². The maximum absolute atomic E-state index is 13.6. The molecule has 0 fully saturated rings. The van der Waals surface area contributed by atoms with Crippen molar-refractivity contribution in [3.8, 4) is 5.75 Å². The Morgan fingerprint density at radius 3 is 2.52 bits per heavy atom. The standard InChI is InChI=1S/C25H28N2O4/c1-17(2)31-16-15-27-24(28)22(19-11-5-7-13-21(19)30-3)23(25(27)29)26-14-8-10-18-9-4-6-12-20(18)26/h4-7,9,11-13,17H,8,10,14-16H2,1-3H3. The zero-order valence-electron chi connectivity index (χ0n) is 18.3. The van der Waals surface area contributed by atoms with E-state index in [1.54, 1.807) is 7.11 Å². The monoisotopic (exact) mass is 420 g/mol. The number of fused-ring (bicyclic) bond motifs is 1. The number of carbonyl (C=O) groups is 2. The van der Waals surface area contributed by atoms with E-state index in [0.717, 1.165) is 18.5 Å². The second kappa shape index (κ2) is 8.94. The van der Waals surface area contributed by atoms with E-state index in [1.807, 2.05) is 61.2 Å². The van der Waals surface area contributed by atoms with Crippen LogP contribution < -0.4 is 9.64 Å². The highest BCUT2D eigenvalue weighted by Gasteiger charge is 2.43. The SMILES string of the molecule is COc1ccccc1C1=C(N2CCCc3ccccc32)C(=O)N(CCOC(C)C)C1=O. The molecule has 0 bridgehead atoms. The summed E-state index contributed by atoms with van der Waals surface area (Å²) in [6, 6.07) is 15.4. The molecular formula is C25H28N2O4. The Kier molecular flexibility index (Phi) is 6.09. The van der Waals surface area contributed by atoms with Gasteiger partial charge in [0.05, 0.1) is 31.9 Å². The van der Waals surface area contributed by atoms with E-state index in [0.29, 0.717) is 35.7 Å². The van der Waals surface area contributed by atoms with E-state index < -0.39 is 0 Å².